The lowest BCUT2D eigenvalue weighted by molar-refractivity contribution is -0.120. The molecule has 2 heterocycles. The van der Waals surface area contributed by atoms with Gasteiger partial charge in [-0.3, -0.25) is 4.79 Å². The first-order chi connectivity index (χ1) is 13.9. The molecule has 0 saturated carbocycles. The summed E-state index contributed by atoms with van der Waals surface area (Å²) in [5, 5.41) is 7.54. The molecule has 0 aliphatic carbocycles. The number of nitrogens with one attached hydrogen (secondary N) is 1. The minimum Gasteiger partial charge on any atom is -0.490 e. The number of aromatic nitrogens is 2. The van der Waals surface area contributed by atoms with Gasteiger partial charge in [-0.2, -0.15) is 5.10 Å². The summed E-state index contributed by atoms with van der Waals surface area (Å²) in [4.78, 5) is 12.5. The predicted molar refractivity (Wildman–Crippen MR) is 109 cm³/mol. The Balaban J connectivity index is 1.42. The maximum atomic E-state index is 13.2. The van der Waals surface area contributed by atoms with E-state index in [9.17, 15) is 9.18 Å². The fraction of sp³-hybridized carbons (Fsp3) is 0.304. The Morgan fingerprint density at radius 3 is 2.76 bits per heavy atom. The van der Waals surface area contributed by atoms with E-state index in [0.717, 1.165) is 45.9 Å². The van der Waals surface area contributed by atoms with Crippen molar-refractivity contribution in [3.05, 3.63) is 76.4 Å². The number of fused-ring (bicyclic) bond motifs is 1. The third-order valence-corrected chi connectivity index (χ3v) is 5.30. The molecule has 29 heavy (non-hydrogen) atoms. The number of benzene rings is 2. The standard InChI is InChI=1S/C23H24FN3O2/c1-14-10-18-11-17(4-9-22(18)29-14)12-23(28)25-13-21-15(2)26-27(16(21)3)20-7-5-19(24)6-8-20/h4-9,11,14H,10,12-13H2,1-3H3,(H,25,28)/t14-/m1/s1. The zero-order valence-corrected chi connectivity index (χ0v) is 16.8. The van der Waals surface area contributed by atoms with E-state index in [1.165, 1.54) is 12.1 Å². The van der Waals surface area contributed by atoms with Crippen molar-refractivity contribution in [2.24, 2.45) is 0 Å². The van der Waals surface area contributed by atoms with Gasteiger partial charge in [0.25, 0.3) is 0 Å². The molecule has 3 aromatic rings. The zero-order chi connectivity index (χ0) is 20.5. The molecule has 0 saturated heterocycles. The van der Waals surface area contributed by atoms with E-state index in [1.807, 2.05) is 32.9 Å². The van der Waals surface area contributed by atoms with Crippen molar-refractivity contribution in [3.8, 4) is 11.4 Å². The minimum atomic E-state index is -0.282. The number of nitrogens with zero attached hydrogens (tertiary/aromatic N) is 2. The van der Waals surface area contributed by atoms with E-state index in [-0.39, 0.29) is 17.8 Å². The molecular weight excluding hydrogens is 369 g/mol. The van der Waals surface area contributed by atoms with Crippen LogP contribution < -0.4 is 10.1 Å². The summed E-state index contributed by atoms with van der Waals surface area (Å²) in [5.41, 5.74) is 5.68. The molecule has 1 amide bonds. The summed E-state index contributed by atoms with van der Waals surface area (Å²) in [6.45, 7) is 6.31. The van der Waals surface area contributed by atoms with Gasteiger partial charge in [0.05, 0.1) is 17.8 Å². The van der Waals surface area contributed by atoms with Crippen LogP contribution in [-0.2, 0) is 24.2 Å². The van der Waals surface area contributed by atoms with E-state index < -0.39 is 0 Å². The van der Waals surface area contributed by atoms with Crippen LogP contribution in [0.1, 0.15) is 35.0 Å². The highest BCUT2D eigenvalue weighted by Crippen LogP contribution is 2.29. The lowest BCUT2D eigenvalue weighted by Gasteiger charge is -2.08. The molecular formula is C23H24FN3O2. The van der Waals surface area contributed by atoms with Crippen LogP contribution in [-0.4, -0.2) is 21.8 Å². The van der Waals surface area contributed by atoms with Crippen molar-refractivity contribution >= 4 is 5.91 Å². The number of hydrogen-bond acceptors (Lipinski definition) is 3. The van der Waals surface area contributed by atoms with Gasteiger partial charge in [0.1, 0.15) is 17.7 Å². The second-order valence-electron chi connectivity index (χ2n) is 7.57. The van der Waals surface area contributed by atoms with Gasteiger partial charge in [-0.05, 0) is 62.2 Å². The molecule has 1 aliphatic heterocycles. The highest BCUT2D eigenvalue weighted by atomic mass is 19.1. The Labute approximate surface area is 169 Å². The molecule has 1 atom stereocenters. The number of carbonyl (C=O) groups excluding carboxylic acids is 1. The first kappa shape index (κ1) is 19.2. The first-order valence-corrected chi connectivity index (χ1v) is 9.77. The predicted octanol–water partition coefficient (Wildman–Crippen LogP) is 3.81. The first-order valence-electron chi connectivity index (χ1n) is 9.77. The molecule has 0 bridgehead atoms. The van der Waals surface area contributed by atoms with Crippen molar-refractivity contribution < 1.29 is 13.9 Å². The lowest BCUT2D eigenvalue weighted by Crippen LogP contribution is -2.25. The SMILES string of the molecule is Cc1nn(-c2ccc(F)cc2)c(C)c1CNC(=O)Cc1ccc2c(c1)C[C@@H](C)O2. The monoisotopic (exact) mass is 393 g/mol. The van der Waals surface area contributed by atoms with Crippen LogP contribution >= 0.6 is 0 Å². The molecule has 0 radical (unpaired) electrons. The van der Waals surface area contributed by atoms with Crippen molar-refractivity contribution in [3.63, 3.8) is 0 Å². The molecule has 150 valence electrons. The summed E-state index contributed by atoms with van der Waals surface area (Å²) in [6, 6.07) is 12.2. The number of rotatable bonds is 5. The van der Waals surface area contributed by atoms with Gasteiger partial charge in [0, 0.05) is 24.2 Å². The zero-order valence-electron chi connectivity index (χ0n) is 16.8. The van der Waals surface area contributed by atoms with Crippen LogP contribution in [0.4, 0.5) is 4.39 Å². The number of halogens is 1. The molecule has 6 heteroatoms. The van der Waals surface area contributed by atoms with E-state index in [1.54, 1.807) is 16.8 Å². The van der Waals surface area contributed by atoms with Gasteiger partial charge < -0.3 is 10.1 Å². The average Bonchev–Trinajstić information content (AvgIpc) is 3.19. The topological polar surface area (TPSA) is 56.2 Å². The number of amides is 1. The Hall–Kier alpha value is -3.15. The van der Waals surface area contributed by atoms with Gasteiger partial charge in [-0.25, -0.2) is 9.07 Å². The van der Waals surface area contributed by atoms with E-state index in [4.69, 9.17) is 4.74 Å². The molecule has 5 nitrogen and oxygen atoms in total. The van der Waals surface area contributed by atoms with Gasteiger partial charge >= 0.3 is 0 Å². The Bertz CT molecular complexity index is 1060. The highest BCUT2D eigenvalue weighted by Gasteiger charge is 2.19. The summed E-state index contributed by atoms with van der Waals surface area (Å²) < 4.78 is 20.7. The Morgan fingerprint density at radius 1 is 1.24 bits per heavy atom. The number of carbonyl (C=O) groups is 1. The van der Waals surface area contributed by atoms with Gasteiger partial charge in [0.2, 0.25) is 5.91 Å². The fourth-order valence-electron chi connectivity index (χ4n) is 3.78. The number of ether oxygens (including phenoxy) is 1. The summed E-state index contributed by atoms with van der Waals surface area (Å²) >= 11 is 0. The van der Waals surface area contributed by atoms with Gasteiger partial charge in [0.15, 0.2) is 0 Å². The summed E-state index contributed by atoms with van der Waals surface area (Å²) in [7, 11) is 0. The van der Waals surface area contributed by atoms with Crippen molar-refractivity contribution in [1.29, 1.82) is 0 Å². The molecule has 2 aromatic carbocycles. The van der Waals surface area contributed by atoms with Crippen LogP contribution in [0.3, 0.4) is 0 Å². The number of aryl methyl sites for hydroxylation is 1. The van der Waals surface area contributed by atoms with Crippen LogP contribution in [0.25, 0.3) is 5.69 Å². The van der Waals surface area contributed by atoms with Crippen LogP contribution in [0.15, 0.2) is 42.5 Å². The van der Waals surface area contributed by atoms with Gasteiger partial charge in [-0.15, -0.1) is 0 Å². The van der Waals surface area contributed by atoms with Crippen molar-refractivity contribution in [2.75, 3.05) is 0 Å². The highest BCUT2D eigenvalue weighted by molar-refractivity contribution is 5.78. The van der Waals surface area contributed by atoms with E-state index >= 15 is 0 Å². The summed E-state index contributed by atoms with van der Waals surface area (Å²) in [5.74, 6) is 0.599. The smallest absolute Gasteiger partial charge is 0.224 e. The van der Waals surface area contributed by atoms with Crippen molar-refractivity contribution in [1.82, 2.24) is 15.1 Å². The number of hydrogen-bond donors (Lipinski definition) is 1. The summed E-state index contributed by atoms with van der Waals surface area (Å²) in [6.07, 6.45) is 1.40. The molecule has 1 N–H and O–H groups in total. The van der Waals surface area contributed by atoms with E-state index in [0.29, 0.717) is 13.0 Å². The molecule has 1 aliphatic rings. The molecule has 0 fully saturated rings. The molecule has 1 aromatic heterocycles. The lowest BCUT2D eigenvalue weighted by atomic mass is 10.0. The second kappa shape index (κ2) is 7.70. The maximum Gasteiger partial charge on any atom is 0.224 e. The molecule has 0 spiro atoms. The Morgan fingerprint density at radius 2 is 2.00 bits per heavy atom. The maximum absolute atomic E-state index is 13.2. The normalized spacial score (nSPS) is 15.1. The third kappa shape index (κ3) is 4.01. The van der Waals surface area contributed by atoms with Crippen LogP contribution in [0.5, 0.6) is 5.75 Å². The van der Waals surface area contributed by atoms with Crippen molar-refractivity contribution in [2.45, 2.75) is 46.3 Å². The van der Waals surface area contributed by atoms with Crippen LogP contribution in [0, 0.1) is 19.7 Å². The van der Waals surface area contributed by atoms with Gasteiger partial charge in [-0.1, -0.05) is 12.1 Å². The third-order valence-electron chi connectivity index (χ3n) is 5.30. The molecule has 0 unspecified atom stereocenters. The Kier molecular flexibility index (Phi) is 5.09. The average molecular weight is 393 g/mol. The fourth-order valence-corrected chi connectivity index (χ4v) is 3.78. The quantitative estimate of drug-likeness (QED) is 0.717. The minimum absolute atomic E-state index is 0.0368. The largest absolute Gasteiger partial charge is 0.490 e. The van der Waals surface area contributed by atoms with E-state index in [2.05, 4.69) is 16.5 Å². The molecule has 4 rings (SSSR count). The second-order valence-corrected chi connectivity index (χ2v) is 7.57. The van der Waals surface area contributed by atoms with Crippen LogP contribution in [0.2, 0.25) is 0 Å².